The molecule has 0 bridgehead atoms. The molecule has 104 valence electrons. The van der Waals surface area contributed by atoms with E-state index in [1.54, 1.807) is 0 Å². The van der Waals surface area contributed by atoms with E-state index in [4.69, 9.17) is 0 Å². The van der Waals surface area contributed by atoms with E-state index in [-0.39, 0.29) is 6.08 Å². The maximum Gasteiger partial charge on any atom is 0.416 e. The van der Waals surface area contributed by atoms with Crippen LogP contribution in [0.2, 0.25) is 0 Å². The third kappa shape index (κ3) is 5.90. The zero-order valence-electron chi connectivity index (χ0n) is 9.69. The summed E-state index contributed by atoms with van der Waals surface area (Å²) in [7, 11) is 1.26. The minimum Gasteiger partial charge on any atom is -0.378 e. The summed E-state index contributed by atoms with van der Waals surface area (Å²) >= 11 is 0. The molecule has 0 aliphatic carbocycles. The summed E-state index contributed by atoms with van der Waals surface area (Å²) in [6.07, 6.45) is -8.93. The van der Waals surface area contributed by atoms with Crippen LogP contribution in [0.25, 0.3) is 0 Å². The minimum absolute atomic E-state index is 0.0428. The lowest BCUT2D eigenvalue weighted by Gasteiger charge is -2.11. The van der Waals surface area contributed by atoms with Gasteiger partial charge in [0.1, 0.15) is 0 Å². The number of hydrogen-bond acceptors (Lipinski definition) is 1. The van der Waals surface area contributed by atoms with E-state index in [0.29, 0.717) is 6.08 Å². The normalized spacial score (nSPS) is 16.1. The van der Waals surface area contributed by atoms with Crippen molar-refractivity contribution < 1.29 is 31.1 Å². The van der Waals surface area contributed by atoms with E-state index < -0.39 is 29.6 Å². The molecular formula is C11H12F6O. The van der Waals surface area contributed by atoms with E-state index in [1.165, 1.54) is 14.0 Å². The lowest BCUT2D eigenvalue weighted by atomic mass is 10.1. The van der Waals surface area contributed by atoms with Gasteiger partial charge in [-0.05, 0) is 13.0 Å². The molecule has 1 atom stereocenters. The first-order chi connectivity index (χ1) is 7.98. The zero-order chi connectivity index (χ0) is 14.6. The average molecular weight is 274 g/mol. The monoisotopic (exact) mass is 274 g/mol. The highest BCUT2D eigenvalue weighted by Gasteiger charge is 2.36. The molecule has 0 spiro atoms. The van der Waals surface area contributed by atoms with Crippen molar-refractivity contribution in [1.82, 2.24) is 0 Å². The first-order valence-electron chi connectivity index (χ1n) is 4.74. The van der Waals surface area contributed by atoms with Crippen LogP contribution < -0.4 is 0 Å². The molecule has 0 N–H and O–H groups in total. The van der Waals surface area contributed by atoms with Crippen molar-refractivity contribution in [2.75, 3.05) is 7.11 Å². The maximum absolute atomic E-state index is 12.5. The van der Waals surface area contributed by atoms with E-state index in [2.05, 4.69) is 11.3 Å². The summed E-state index contributed by atoms with van der Waals surface area (Å²) in [5, 5.41) is 0. The highest BCUT2D eigenvalue weighted by molar-refractivity contribution is 5.34. The van der Waals surface area contributed by atoms with Gasteiger partial charge in [0.2, 0.25) is 0 Å². The van der Waals surface area contributed by atoms with Gasteiger partial charge in [-0.15, -0.1) is 0 Å². The molecule has 0 saturated heterocycles. The van der Waals surface area contributed by atoms with Gasteiger partial charge >= 0.3 is 12.4 Å². The second-order valence-corrected chi connectivity index (χ2v) is 3.42. The molecule has 0 aromatic rings. The van der Waals surface area contributed by atoms with Crippen LogP contribution in [0.3, 0.4) is 0 Å². The molecule has 0 unspecified atom stereocenters. The molecule has 7 heteroatoms. The van der Waals surface area contributed by atoms with Crippen molar-refractivity contribution in [3.05, 3.63) is 36.0 Å². The number of methoxy groups -OCH3 is 1. The average Bonchev–Trinajstić information content (AvgIpc) is 2.20. The van der Waals surface area contributed by atoms with Crippen molar-refractivity contribution in [2.24, 2.45) is 0 Å². The van der Waals surface area contributed by atoms with Gasteiger partial charge in [0, 0.05) is 12.7 Å². The van der Waals surface area contributed by atoms with E-state index >= 15 is 0 Å². The Bertz CT molecular complexity index is 348. The highest BCUT2D eigenvalue weighted by Crippen LogP contribution is 2.32. The zero-order valence-corrected chi connectivity index (χ0v) is 9.69. The van der Waals surface area contributed by atoms with Crippen molar-refractivity contribution in [3.8, 4) is 0 Å². The lowest BCUT2D eigenvalue weighted by Crippen LogP contribution is -2.15. The smallest absolute Gasteiger partial charge is 0.378 e. The topological polar surface area (TPSA) is 9.23 Å². The van der Waals surface area contributed by atoms with Crippen LogP contribution in [0.4, 0.5) is 26.3 Å². The standard InChI is InChI=1S/C11H12F6O/c1-7(10(12,13)14)6-9(11(15,16)17)5-4-8(2)18-3/h4-6,8H,1H2,2-3H3/b5-4+,9-6+/t8-/m1/s1. The van der Waals surface area contributed by atoms with Gasteiger partial charge in [-0.2, -0.15) is 26.3 Å². The van der Waals surface area contributed by atoms with Crippen molar-refractivity contribution in [3.63, 3.8) is 0 Å². The predicted molar refractivity (Wildman–Crippen MR) is 54.9 cm³/mol. The van der Waals surface area contributed by atoms with Crippen LogP contribution in [-0.4, -0.2) is 25.6 Å². The fourth-order valence-electron chi connectivity index (χ4n) is 0.812. The summed E-state index contributed by atoms with van der Waals surface area (Å²) in [5.41, 5.74) is -3.00. The highest BCUT2D eigenvalue weighted by atomic mass is 19.4. The number of rotatable bonds is 4. The maximum atomic E-state index is 12.5. The molecule has 18 heavy (non-hydrogen) atoms. The van der Waals surface area contributed by atoms with Crippen LogP contribution in [0, 0.1) is 0 Å². The lowest BCUT2D eigenvalue weighted by molar-refractivity contribution is -0.0932. The van der Waals surface area contributed by atoms with Crippen molar-refractivity contribution in [2.45, 2.75) is 25.4 Å². The number of alkyl halides is 6. The van der Waals surface area contributed by atoms with Crippen LogP contribution in [0.1, 0.15) is 6.92 Å². The van der Waals surface area contributed by atoms with Gasteiger partial charge in [0.25, 0.3) is 0 Å². The first kappa shape index (κ1) is 16.8. The van der Waals surface area contributed by atoms with Crippen molar-refractivity contribution in [1.29, 1.82) is 0 Å². The van der Waals surface area contributed by atoms with Crippen LogP contribution in [0.5, 0.6) is 0 Å². The largest absolute Gasteiger partial charge is 0.416 e. The summed E-state index contributed by atoms with van der Waals surface area (Å²) in [6.45, 7) is 4.01. The SMILES string of the molecule is C=C(/C=C(\C=C\[C@@H](C)OC)C(F)(F)F)C(F)(F)F. The molecule has 0 fully saturated rings. The van der Waals surface area contributed by atoms with Gasteiger partial charge in [0.05, 0.1) is 11.7 Å². The summed E-state index contributed by atoms with van der Waals surface area (Å²) in [4.78, 5) is 0. The molecule has 0 aromatic heterocycles. The molecule has 0 aliphatic heterocycles. The summed E-state index contributed by atoms with van der Waals surface area (Å²) < 4.78 is 78.3. The number of allylic oxidation sites excluding steroid dienone is 4. The predicted octanol–water partition coefficient (Wildman–Crippen LogP) is 4.18. The summed E-state index contributed by atoms with van der Waals surface area (Å²) in [5.74, 6) is 0. The Morgan fingerprint density at radius 3 is 1.94 bits per heavy atom. The fraction of sp³-hybridized carbons (Fsp3) is 0.455. The number of hydrogen-bond donors (Lipinski definition) is 0. The van der Waals surface area contributed by atoms with Gasteiger partial charge in [-0.1, -0.05) is 18.7 Å². The molecule has 0 saturated carbocycles. The molecule has 0 radical (unpaired) electrons. The third-order valence-electron chi connectivity index (χ3n) is 1.94. The molecule has 0 heterocycles. The molecule has 1 nitrogen and oxygen atoms in total. The number of halogens is 6. The Labute approximate surface area is 100 Å². The Kier molecular flexibility index (Phi) is 5.66. The Hall–Kier alpha value is -1.24. The van der Waals surface area contributed by atoms with E-state index in [0.717, 1.165) is 6.08 Å². The first-order valence-corrected chi connectivity index (χ1v) is 4.74. The number of ether oxygens (including phenoxy) is 1. The van der Waals surface area contributed by atoms with Crippen molar-refractivity contribution >= 4 is 0 Å². The Morgan fingerprint density at radius 2 is 1.61 bits per heavy atom. The van der Waals surface area contributed by atoms with E-state index in [9.17, 15) is 26.3 Å². The van der Waals surface area contributed by atoms with Crippen LogP contribution in [0.15, 0.2) is 36.0 Å². The van der Waals surface area contributed by atoms with Crippen LogP contribution >= 0.6 is 0 Å². The minimum atomic E-state index is -4.89. The van der Waals surface area contributed by atoms with Gasteiger partial charge in [-0.3, -0.25) is 0 Å². The van der Waals surface area contributed by atoms with Gasteiger partial charge < -0.3 is 4.74 Å². The quantitative estimate of drug-likeness (QED) is 0.552. The molecule has 0 aromatic carbocycles. The van der Waals surface area contributed by atoms with Gasteiger partial charge in [0.15, 0.2) is 0 Å². The van der Waals surface area contributed by atoms with Crippen LogP contribution in [-0.2, 0) is 4.74 Å². The Morgan fingerprint density at radius 1 is 1.11 bits per heavy atom. The molecule has 0 amide bonds. The molecule has 0 aliphatic rings. The second-order valence-electron chi connectivity index (χ2n) is 3.42. The molecule has 0 rings (SSSR count). The molecular weight excluding hydrogens is 262 g/mol. The fourth-order valence-corrected chi connectivity index (χ4v) is 0.812. The van der Waals surface area contributed by atoms with E-state index in [1.807, 2.05) is 0 Å². The second kappa shape index (κ2) is 6.08. The summed E-state index contributed by atoms with van der Waals surface area (Å²) in [6, 6.07) is 0. The third-order valence-corrected chi connectivity index (χ3v) is 1.94. The Balaban J connectivity index is 5.22. The van der Waals surface area contributed by atoms with Gasteiger partial charge in [-0.25, -0.2) is 0 Å².